The fourth-order valence-electron chi connectivity index (χ4n) is 4.84. The minimum absolute atomic E-state index is 0.352. The average Bonchev–Trinajstić information content (AvgIpc) is 3.39. The van der Waals surface area contributed by atoms with Crippen molar-refractivity contribution in [3.63, 3.8) is 0 Å². The van der Waals surface area contributed by atoms with Crippen molar-refractivity contribution in [1.29, 1.82) is 0 Å². The summed E-state index contributed by atoms with van der Waals surface area (Å²) in [6.07, 6.45) is 10.3. The van der Waals surface area contributed by atoms with Crippen LogP contribution in [-0.4, -0.2) is 0 Å². The summed E-state index contributed by atoms with van der Waals surface area (Å²) >= 11 is 0. The topological polar surface area (TPSA) is 0 Å². The number of hydrogen-bond acceptors (Lipinski definition) is 0. The maximum Gasteiger partial charge on any atom is 0.0164 e. The first-order valence-electron chi connectivity index (χ1n) is 10.1. The summed E-state index contributed by atoms with van der Waals surface area (Å²) < 4.78 is 0. The van der Waals surface area contributed by atoms with Gasteiger partial charge >= 0.3 is 0 Å². The third-order valence-corrected chi connectivity index (χ3v) is 6.11. The molecule has 2 unspecified atom stereocenters. The SMILES string of the molecule is CC1=CC(C(C2=CC=CC2)c2ccccc2-c2ccccc2)c2ccccc21. The van der Waals surface area contributed by atoms with E-state index in [4.69, 9.17) is 0 Å². The summed E-state index contributed by atoms with van der Waals surface area (Å²) in [4.78, 5) is 0. The molecule has 2 atom stereocenters. The molecule has 28 heavy (non-hydrogen) atoms. The zero-order valence-corrected chi connectivity index (χ0v) is 16.2. The molecule has 0 aromatic heterocycles. The summed E-state index contributed by atoms with van der Waals surface area (Å²) in [5.41, 5.74) is 9.83. The highest BCUT2D eigenvalue weighted by atomic mass is 14.4. The van der Waals surface area contributed by atoms with Crippen LogP contribution in [0.3, 0.4) is 0 Å². The van der Waals surface area contributed by atoms with Crippen LogP contribution < -0.4 is 0 Å². The van der Waals surface area contributed by atoms with Gasteiger partial charge in [0.1, 0.15) is 0 Å². The van der Waals surface area contributed by atoms with Gasteiger partial charge in [-0.1, -0.05) is 109 Å². The smallest absolute Gasteiger partial charge is 0.0164 e. The molecule has 5 rings (SSSR count). The number of allylic oxidation sites excluding steroid dienone is 6. The zero-order valence-electron chi connectivity index (χ0n) is 16.2. The van der Waals surface area contributed by atoms with Crippen molar-refractivity contribution in [2.75, 3.05) is 0 Å². The molecule has 0 radical (unpaired) electrons. The number of rotatable bonds is 4. The predicted molar refractivity (Wildman–Crippen MR) is 119 cm³/mol. The maximum absolute atomic E-state index is 2.48. The van der Waals surface area contributed by atoms with Crippen molar-refractivity contribution >= 4 is 5.57 Å². The Morgan fingerprint density at radius 1 is 0.786 bits per heavy atom. The van der Waals surface area contributed by atoms with E-state index in [1.807, 2.05) is 0 Å². The highest BCUT2D eigenvalue weighted by molar-refractivity contribution is 5.76. The Balaban J connectivity index is 1.69. The van der Waals surface area contributed by atoms with Gasteiger partial charge in [0.25, 0.3) is 0 Å². The van der Waals surface area contributed by atoms with E-state index in [-0.39, 0.29) is 0 Å². The normalized spacial score (nSPS) is 18.5. The maximum atomic E-state index is 2.48. The van der Waals surface area contributed by atoms with Gasteiger partial charge in [0.2, 0.25) is 0 Å². The van der Waals surface area contributed by atoms with E-state index in [1.54, 1.807) is 0 Å². The molecule has 0 fully saturated rings. The molecule has 0 amide bonds. The molecule has 3 aromatic carbocycles. The van der Waals surface area contributed by atoms with E-state index in [9.17, 15) is 0 Å². The van der Waals surface area contributed by atoms with Crippen LogP contribution in [0.5, 0.6) is 0 Å². The lowest BCUT2D eigenvalue weighted by Crippen LogP contribution is -2.12. The molecule has 0 bridgehead atoms. The van der Waals surface area contributed by atoms with Crippen LogP contribution in [0.25, 0.3) is 16.7 Å². The van der Waals surface area contributed by atoms with Gasteiger partial charge in [0.15, 0.2) is 0 Å². The monoisotopic (exact) mass is 360 g/mol. The molecule has 2 aliphatic carbocycles. The van der Waals surface area contributed by atoms with E-state index in [0.29, 0.717) is 11.8 Å². The van der Waals surface area contributed by atoms with Crippen LogP contribution in [0.2, 0.25) is 0 Å². The molecule has 136 valence electrons. The van der Waals surface area contributed by atoms with E-state index < -0.39 is 0 Å². The molecular weight excluding hydrogens is 336 g/mol. The second-order valence-electron chi connectivity index (χ2n) is 7.77. The molecule has 0 heterocycles. The Kier molecular flexibility index (Phi) is 4.33. The Morgan fingerprint density at radius 2 is 1.50 bits per heavy atom. The Labute approximate surface area is 167 Å². The van der Waals surface area contributed by atoms with Gasteiger partial charge in [-0.3, -0.25) is 0 Å². The van der Waals surface area contributed by atoms with Gasteiger partial charge in [0, 0.05) is 11.8 Å². The van der Waals surface area contributed by atoms with Gasteiger partial charge in [-0.15, -0.1) is 0 Å². The summed E-state index contributed by atoms with van der Waals surface area (Å²) in [6, 6.07) is 28.7. The van der Waals surface area contributed by atoms with Crippen LogP contribution in [0.4, 0.5) is 0 Å². The highest BCUT2D eigenvalue weighted by Crippen LogP contribution is 2.50. The molecular formula is C28H24. The Morgan fingerprint density at radius 3 is 2.29 bits per heavy atom. The van der Waals surface area contributed by atoms with Gasteiger partial charge in [-0.05, 0) is 46.7 Å². The second-order valence-corrected chi connectivity index (χ2v) is 7.77. The van der Waals surface area contributed by atoms with Crippen LogP contribution in [0.15, 0.2) is 109 Å². The fourth-order valence-corrected chi connectivity index (χ4v) is 4.84. The number of benzene rings is 3. The molecule has 0 saturated carbocycles. The molecule has 2 aliphatic rings. The van der Waals surface area contributed by atoms with Crippen molar-refractivity contribution in [1.82, 2.24) is 0 Å². The molecule has 3 aromatic rings. The van der Waals surface area contributed by atoms with Crippen LogP contribution in [-0.2, 0) is 0 Å². The predicted octanol–water partition coefficient (Wildman–Crippen LogP) is 7.52. The molecule has 0 saturated heterocycles. The van der Waals surface area contributed by atoms with Crippen molar-refractivity contribution in [2.45, 2.75) is 25.2 Å². The van der Waals surface area contributed by atoms with Crippen molar-refractivity contribution in [2.24, 2.45) is 0 Å². The first-order valence-corrected chi connectivity index (χ1v) is 10.1. The molecule has 0 N–H and O–H groups in total. The zero-order chi connectivity index (χ0) is 18.9. The van der Waals surface area contributed by atoms with Gasteiger partial charge in [0.05, 0.1) is 0 Å². The molecule has 0 heteroatoms. The number of hydrogen-bond donors (Lipinski definition) is 0. The molecule has 0 aliphatic heterocycles. The first kappa shape index (κ1) is 17.0. The molecule has 0 spiro atoms. The van der Waals surface area contributed by atoms with Gasteiger partial charge < -0.3 is 0 Å². The van der Waals surface area contributed by atoms with E-state index in [0.717, 1.165) is 6.42 Å². The van der Waals surface area contributed by atoms with Crippen molar-refractivity contribution < 1.29 is 0 Å². The summed E-state index contributed by atoms with van der Waals surface area (Å²) in [5, 5.41) is 0. The second kappa shape index (κ2) is 7.13. The lowest BCUT2D eigenvalue weighted by atomic mass is 9.75. The van der Waals surface area contributed by atoms with Crippen molar-refractivity contribution in [3.05, 3.63) is 125 Å². The lowest BCUT2D eigenvalue weighted by molar-refractivity contribution is 0.700. The van der Waals surface area contributed by atoms with Crippen LogP contribution >= 0.6 is 0 Å². The largest absolute Gasteiger partial charge is 0.0804 e. The third kappa shape index (κ3) is 2.86. The summed E-state index contributed by atoms with van der Waals surface area (Å²) in [6.45, 7) is 2.25. The molecule has 0 nitrogen and oxygen atoms in total. The standard InChI is InChI=1S/C28H24/c1-20-19-27(25-17-9-7-15-23(20)25)28(22-13-5-6-14-22)26-18-10-8-16-24(26)21-11-3-2-4-12-21/h2-13,15-19,27-28H,14H2,1H3. The third-order valence-electron chi connectivity index (χ3n) is 6.11. The van der Waals surface area contributed by atoms with Gasteiger partial charge in [-0.25, -0.2) is 0 Å². The first-order chi connectivity index (χ1) is 13.8. The quantitative estimate of drug-likeness (QED) is 0.451. The van der Waals surface area contributed by atoms with E-state index in [2.05, 4.69) is 110 Å². The summed E-state index contributed by atoms with van der Waals surface area (Å²) in [5.74, 6) is 0.734. The van der Waals surface area contributed by atoms with Crippen molar-refractivity contribution in [3.8, 4) is 11.1 Å². The Bertz CT molecular complexity index is 1100. The minimum atomic E-state index is 0.352. The summed E-state index contributed by atoms with van der Waals surface area (Å²) in [7, 11) is 0. The minimum Gasteiger partial charge on any atom is -0.0804 e. The van der Waals surface area contributed by atoms with E-state index in [1.165, 1.54) is 39.0 Å². The van der Waals surface area contributed by atoms with Gasteiger partial charge in [-0.2, -0.15) is 0 Å². The van der Waals surface area contributed by atoms with Crippen LogP contribution in [0.1, 0.15) is 41.9 Å². The lowest BCUT2D eigenvalue weighted by Gasteiger charge is -2.28. The average molecular weight is 361 g/mol. The fraction of sp³-hybridized carbons (Fsp3) is 0.143. The van der Waals surface area contributed by atoms with E-state index >= 15 is 0 Å². The number of fused-ring (bicyclic) bond motifs is 1. The van der Waals surface area contributed by atoms with Crippen LogP contribution in [0, 0.1) is 0 Å². The Hall–Kier alpha value is -3.12. The highest BCUT2D eigenvalue weighted by Gasteiger charge is 2.33.